The molecule has 1 unspecified atom stereocenters. The van der Waals surface area contributed by atoms with E-state index in [0.29, 0.717) is 5.69 Å². The lowest BCUT2D eigenvalue weighted by Crippen LogP contribution is -2.43. The molecule has 1 heterocycles. The van der Waals surface area contributed by atoms with Crippen LogP contribution in [0.4, 0.5) is 5.69 Å². The van der Waals surface area contributed by atoms with Crippen molar-refractivity contribution in [3.63, 3.8) is 0 Å². The largest absolute Gasteiger partial charge is 0.464 e. The smallest absolute Gasteiger partial charge is 0.332 e. The molecule has 0 spiro atoms. The van der Waals surface area contributed by atoms with Gasteiger partial charge in [-0.15, -0.1) is 0 Å². The summed E-state index contributed by atoms with van der Waals surface area (Å²) in [7, 11) is 0. The van der Waals surface area contributed by atoms with Crippen molar-refractivity contribution in [1.82, 2.24) is 4.98 Å². The Bertz CT molecular complexity index is 403. The van der Waals surface area contributed by atoms with E-state index in [1.165, 1.54) is 6.20 Å². The fraction of sp³-hybridized carbons (Fsp3) is 0.364. The van der Waals surface area contributed by atoms with E-state index in [1.54, 1.807) is 19.1 Å². The van der Waals surface area contributed by atoms with Gasteiger partial charge in [0.15, 0.2) is 6.04 Å². The maximum Gasteiger partial charge on any atom is 0.332 e. The molecule has 6 nitrogen and oxygen atoms in total. The van der Waals surface area contributed by atoms with E-state index >= 15 is 0 Å². The van der Waals surface area contributed by atoms with Crippen LogP contribution in [0.5, 0.6) is 0 Å². The molecule has 1 amide bonds. The van der Waals surface area contributed by atoms with Crippen molar-refractivity contribution < 1.29 is 14.3 Å². The monoisotopic (exact) mass is 237 g/mol. The van der Waals surface area contributed by atoms with Crippen molar-refractivity contribution in [2.24, 2.45) is 5.73 Å². The summed E-state index contributed by atoms with van der Waals surface area (Å²) in [5.74, 6) is -1.36. The Hall–Kier alpha value is -1.95. The number of aromatic nitrogens is 1. The van der Waals surface area contributed by atoms with Crippen LogP contribution in [0.15, 0.2) is 18.3 Å². The molecule has 92 valence electrons. The van der Waals surface area contributed by atoms with Crippen LogP contribution in [-0.4, -0.2) is 29.5 Å². The summed E-state index contributed by atoms with van der Waals surface area (Å²) in [4.78, 5) is 26.8. The topological polar surface area (TPSA) is 94.3 Å². The predicted molar refractivity (Wildman–Crippen MR) is 62.2 cm³/mol. The van der Waals surface area contributed by atoms with Crippen molar-refractivity contribution in [2.45, 2.75) is 19.9 Å². The summed E-state index contributed by atoms with van der Waals surface area (Å²) < 4.78 is 4.64. The number of pyridine rings is 1. The molecule has 1 rings (SSSR count). The normalized spacial score (nSPS) is 11.7. The highest BCUT2D eigenvalue weighted by Crippen LogP contribution is 2.05. The van der Waals surface area contributed by atoms with Crippen molar-refractivity contribution >= 4 is 17.6 Å². The third-order valence-corrected chi connectivity index (χ3v) is 2.00. The standard InChI is InChI=1S/C11H15N3O3/c1-3-17-11(16)9(12)10(15)14-8-5-4-7(2)13-6-8/h4-6,9H,3,12H2,1-2H3,(H,14,15). The van der Waals surface area contributed by atoms with Gasteiger partial charge in [0, 0.05) is 5.69 Å². The summed E-state index contributed by atoms with van der Waals surface area (Å²) in [6.45, 7) is 3.66. The Kier molecular flexibility index (Phi) is 4.59. The van der Waals surface area contributed by atoms with Gasteiger partial charge in [-0.05, 0) is 26.0 Å². The molecule has 1 aromatic rings. The van der Waals surface area contributed by atoms with E-state index in [4.69, 9.17) is 5.73 Å². The number of carbonyl (C=O) groups excluding carboxylic acids is 2. The van der Waals surface area contributed by atoms with Gasteiger partial charge in [0.05, 0.1) is 18.5 Å². The molecule has 1 aromatic heterocycles. The molecule has 0 fully saturated rings. The van der Waals surface area contributed by atoms with Gasteiger partial charge in [-0.1, -0.05) is 0 Å². The Labute approximate surface area is 99.2 Å². The molecule has 0 radical (unpaired) electrons. The van der Waals surface area contributed by atoms with Gasteiger partial charge in [-0.3, -0.25) is 9.78 Å². The Morgan fingerprint density at radius 3 is 2.76 bits per heavy atom. The molecule has 0 aromatic carbocycles. The number of nitrogens with zero attached hydrogens (tertiary/aromatic N) is 1. The van der Waals surface area contributed by atoms with Crippen LogP contribution in [-0.2, 0) is 14.3 Å². The summed E-state index contributed by atoms with van der Waals surface area (Å²) in [6.07, 6.45) is 1.49. The fourth-order valence-corrected chi connectivity index (χ4v) is 1.10. The Balaban J connectivity index is 2.59. The first-order valence-electron chi connectivity index (χ1n) is 5.20. The molecule has 0 bridgehead atoms. The number of carbonyl (C=O) groups is 2. The van der Waals surface area contributed by atoms with Gasteiger partial charge in [-0.25, -0.2) is 4.79 Å². The quantitative estimate of drug-likeness (QED) is 0.577. The number of hydrogen-bond donors (Lipinski definition) is 2. The number of anilines is 1. The minimum absolute atomic E-state index is 0.186. The zero-order valence-corrected chi connectivity index (χ0v) is 9.77. The maximum absolute atomic E-state index is 11.5. The van der Waals surface area contributed by atoms with Crippen LogP contribution in [0.2, 0.25) is 0 Å². The minimum Gasteiger partial charge on any atom is -0.464 e. The summed E-state index contributed by atoms with van der Waals surface area (Å²) in [5, 5.41) is 2.48. The number of amides is 1. The number of ether oxygens (including phenoxy) is 1. The first-order valence-corrected chi connectivity index (χ1v) is 5.20. The van der Waals surface area contributed by atoms with Crippen LogP contribution in [0.3, 0.4) is 0 Å². The highest BCUT2D eigenvalue weighted by Gasteiger charge is 2.23. The van der Waals surface area contributed by atoms with E-state index in [2.05, 4.69) is 15.0 Å². The average molecular weight is 237 g/mol. The average Bonchev–Trinajstić information content (AvgIpc) is 2.31. The van der Waals surface area contributed by atoms with Crippen LogP contribution >= 0.6 is 0 Å². The minimum atomic E-state index is -1.32. The van der Waals surface area contributed by atoms with E-state index in [1.807, 2.05) is 6.92 Å². The number of nitrogens with two attached hydrogens (primary N) is 1. The third-order valence-electron chi connectivity index (χ3n) is 2.00. The molecular formula is C11H15N3O3. The molecule has 3 N–H and O–H groups in total. The van der Waals surface area contributed by atoms with Gasteiger partial charge < -0.3 is 15.8 Å². The first-order chi connectivity index (χ1) is 8.04. The van der Waals surface area contributed by atoms with Gasteiger partial charge in [0.25, 0.3) is 5.91 Å². The van der Waals surface area contributed by atoms with E-state index in [9.17, 15) is 9.59 Å². The number of aryl methyl sites for hydroxylation is 1. The molecule has 0 aliphatic carbocycles. The summed E-state index contributed by atoms with van der Waals surface area (Å²) in [5.41, 5.74) is 6.74. The molecule has 0 aliphatic rings. The second-order valence-electron chi connectivity index (χ2n) is 3.41. The second kappa shape index (κ2) is 5.95. The number of esters is 1. The van der Waals surface area contributed by atoms with Crippen LogP contribution < -0.4 is 11.1 Å². The molecule has 0 aliphatic heterocycles. The third kappa shape index (κ3) is 3.84. The van der Waals surface area contributed by atoms with Crippen molar-refractivity contribution in [3.05, 3.63) is 24.0 Å². The molecule has 6 heteroatoms. The molecule has 17 heavy (non-hydrogen) atoms. The second-order valence-corrected chi connectivity index (χ2v) is 3.41. The molecular weight excluding hydrogens is 222 g/mol. The zero-order chi connectivity index (χ0) is 12.8. The number of rotatable bonds is 4. The summed E-state index contributed by atoms with van der Waals surface area (Å²) in [6, 6.07) is 2.10. The highest BCUT2D eigenvalue weighted by molar-refractivity contribution is 6.08. The molecule has 0 saturated carbocycles. The Morgan fingerprint density at radius 1 is 1.53 bits per heavy atom. The summed E-state index contributed by atoms with van der Waals surface area (Å²) >= 11 is 0. The maximum atomic E-state index is 11.5. The zero-order valence-electron chi connectivity index (χ0n) is 9.77. The van der Waals surface area contributed by atoms with Gasteiger partial charge in [0.1, 0.15) is 0 Å². The number of nitrogens with one attached hydrogen (secondary N) is 1. The Morgan fingerprint density at radius 2 is 2.24 bits per heavy atom. The molecule has 1 atom stereocenters. The highest BCUT2D eigenvalue weighted by atomic mass is 16.5. The predicted octanol–water partition coefficient (Wildman–Crippen LogP) is 0.219. The van der Waals surface area contributed by atoms with Crippen molar-refractivity contribution in [3.8, 4) is 0 Å². The van der Waals surface area contributed by atoms with Gasteiger partial charge >= 0.3 is 5.97 Å². The van der Waals surface area contributed by atoms with Crippen LogP contribution in [0, 0.1) is 6.92 Å². The van der Waals surface area contributed by atoms with Crippen molar-refractivity contribution in [2.75, 3.05) is 11.9 Å². The fourth-order valence-electron chi connectivity index (χ4n) is 1.10. The molecule has 0 saturated heterocycles. The lowest BCUT2D eigenvalue weighted by atomic mass is 10.3. The number of hydrogen-bond acceptors (Lipinski definition) is 5. The lowest BCUT2D eigenvalue weighted by Gasteiger charge is -2.10. The van der Waals surface area contributed by atoms with Crippen LogP contribution in [0.1, 0.15) is 12.6 Å². The van der Waals surface area contributed by atoms with E-state index in [-0.39, 0.29) is 6.61 Å². The SMILES string of the molecule is CCOC(=O)C(N)C(=O)Nc1ccc(C)nc1. The van der Waals surface area contributed by atoms with Crippen LogP contribution in [0.25, 0.3) is 0 Å². The van der Waals surface area contributed by atoms with E-state index < -0.39 is 17.9 Å². The van der Waals surface area contributed by atoms with Gasteiger partial charge in [-0.2, -0.15) is 0 Å². The van der Waals surface area contributed by atoms with Gasteiger partial charge in [0.2, 0.25) is 0 Å². The lowest BCUT2D eigenvalue weighted by molar-refractivity contribution is -0.146. The van der Waals surface area contributed by atoms with Crippen molar-refractivity contribution in [1.29, 1.82) is 0 Å². The first kappa shape index (κ1) is 13.1. The van der Waals surface area contributed by atoms with E-state index in [0.717, 1.165) is 5.69 Å².